The van der Waals surface area contributed by atoms with E-state index >= 15 is 0 Å². The van der Waals surface area contributed by atoms with Gasteiger partial charge in [-0.2, -0.15) is 0 Å². The van der Waals surface area contributed by atoms with Gasteiger partial charge in [0, 0.05) is 14.1 Å². The molecule has 0 atom stereocenters. The highest BCUT2D eigenvalue weighted by Crippen LogP contribution is 1.77. The van der Waals surface area contributed by atoms with Crippen molar-refractivity contribution in [3.63, 3.8) is 0 Å². The van der Waals surface area contributed by atoms with Gasteiger partial charge in [-0.15, -0.1) is 15.6 Å². The molecule has 0 amide bonds. The first-order chi connectivity index (χ1) is 3.68. The predicted molar refractivity (Wildman–Crippen MR) is 33.1 cm³/mol. The van der Waals surface area contributed by atoms with Crippen molar-refractivity contribution >= 4 is 6.34 Å². The van der Waals surface area contributed by atoms with Gasteiger partial charge < -0.3 is 0 Å². The van der Waals surface area contributed by atoms with E-state index in [0.29, 0.717) is 0 Å². The van der Waals surface area contributed by atoms with E-state index in [9.17, 15) is 0 Å². The quantitative estimate of drug-likeness (QED) is 0.198. The SMILES string of the molecule is CN[N+](C)(C=N)NC. The van der Waals surface area contributed by atoms with Crippen molar-refractivity contribution in [2.24, 2.45) is 0 Å². The molecule has 0 heterocycles. The number of nitrogens with one attached hydrogen (secondary N) is 3. The van der Waals surface area contributed by atoms with Crippen LogP contribution in [0.25, 0.3) is 0 Å². The summed E-state index contributed by atoms with van der Waals surface area (Å²) in [5.41, 5.74) is 5.72. The minimum Gasteiger partial charge on any atom is -0.254 e. The molecule has 0 saturated heterocycles. The maximum atomic E-state index is 6.88. The first-order valence-electron chi connectivity index (χ1n) is 2.44. The molecule has 0 aromatic rings. The maximum absolute atomic E-state index is 6.88. The molecule has 0 aliphatic carbocycles. The first-order valence-corrected chi connectivity index (χ1v) is 2.44. The fourth-order valence-electron chi connectivity index (χ4n) is 0.241. The standard InChI is InChI=1S/C4H13N4/c1-6-8(3,4-5)7-2/h4-7H,1-3H3/q+1. The van der Waals surface area contributed by atoms with E-state index < -0.39 is 0 Å². The lowest BCUT2D eigenvalue weighted by atomic mass is 11.0. The fourth-order valence-corrected chi connectivity index (χ4v) is 0.241. The lowest BCUT2D eigenvalue weighted by molar-refractivity contribution is -0.901. The van der Waals surface area contributed by atoms with Gasteiger partial charge in [0.2, 0.25) is 6.34 Å². The van der Waals surface area contributed by atoms with Crippen molar-refractivity contribution in [2.45, 2.75) is 0 Å². The summed E-state index contributed by atoms with van der Waals surface area (Å²) >= 11 is 0. The van der Waals surface area contributed by atoms with Gasteiger partial charge >= 0.3 is 0 Å². The largest absolute Gasteiger partial charge is 0.254 e. The van der Waals surface area contributed by atoms with Crippen molar-refractivity contribution in [1.82, 2.24) is 10.9 Å². The molecule has 0 radical (unpaired) electrons. The molecular formula is C4H13N4+. The minimum atomic E-state index is 0.250. The molecular weight excluding hydrogens is 104 g/mol. The summed E-state index contributed by atoms with van der Waals surface area (Å²) in [6.45, 7) is 0. The highest BCUT2D eigenvalue weighted by molar-refractivity contribution is 5.39. The Morgan fingerprint density at radius 3 is 1.75 bits per heavy atom. The summed E-state index contributed by atoms with van der Waals surface area (Å²) in [4.78, 5) is 0. The summed E-state index contributed by atoms with van der Waals surface area (Å²) in [6.07, 6.45) is 1.26. The Morgan fingerprint density at radius 2 is 1.75 bits per heavy atom. The van der Waals surface area contributed by atoms with Crippen LogP contribution >= 0.6 is 0 Å². The molecule has 0 rings (SSSR count). The van der Waals surface area contributed by atoms with Crippen molar-refractivity contribution in [1.29, 1.82) is 5.41 Å². The minimum absolute atomic E-state index is 0.250. The summed E-state index contributed by atoms with van der Waals surface area (Å²) in [6, 6.07) is 0. The van der Waals surface area contributed by atoms with Crippen LogP contribution in [0.5, 0.6) is 0 Å². The van der Waals surface area contributed by atoms with E-state index in [4.69, 9.17) is 5.41 Å². The van der Waals surface area contributed by atoms with Crippen molar-refractivity contribution in [3.05, 3.63) is 0 Å². The van der Waals surface area contributed by atoms with Crippen LogP contribution in [-0.4, -0.2) is 32.2 Å². The smallest absolute Gasteiger partial charge is 0.221 e. The van der Waals surface area contributed by atoms with Gasteiger partial charge in [0.15, 0.2) is 0 Å². The molecule has 8 heavy (non-hydrogen) atoms. The summed E-state index contributed by atoms with van der Waals surface area (Å²) in [5, 5.41) is 6.88. The van der Waals surface area contributed by atoms with E-state index in [1.165, 1.54) is 6.34 Å². The molecule has 0 aromatic carbocycles. The lowest BCUT2D eigenvalue weighted by Gasteiger charge is -2.23. The molecule has 0 spiro atoms. The van der Waals surface area contributed by atoms with Gasteiger partial charge in [-0.3, -0.25) is 5.41 Å². The molecule has 0 saturated carbocycles. The molecule has 4 nitrogen and oxygen atoms in total. The second-order valence-electron chi connectivity index (χ2n) is 1.65. The van der Waals surface area contributed by atoms with Crippen LogP contribution in [0.4, 0.5) is 0 Å². The van der Waals surface area contributed by atoms with Crippen LogP contribution in [-0.2, 0) is 0 Å². The van der Waals surface area contributed by atoms with E-state index in [-0.39, 0.29) is 4.70 Å². The normalized spacial score (nSPS) is 11.4. The van der Waals surface area contributed by atoms with E-state index in [2.05, 4.69) is 10.9 Å². The van der Waals surface area contributed by atoms with Crippen molar-refractivity contribution in [2.75, 3.05) is 21.1 Å². The third kappa shape index (κ3) is 1.57. The van der Waals surface area contributed by atoms with Gasteiger partial charge in [0.25, 0.3) is 0 Å². The second kappa shape index (κ2) is 2.76. The first kappa shape index (κ1) is 7.55. The molecule has 48 valence electrons. The number of nitrogens with zero attached hydrogens (tertiary/aromatic N) is 1. The number of quaternary nitrogens is 1. The molecule has 3 N–H and O–H groups in total. The number of hydrogen-bond donors (Lipinski definition) is 3. The summed E-state index contributed by atoms with van der Waals surface area (Å²) < 4.78 is 0.250. The van der Waals surface area contributed by atoms with Crippen LogP contribution < -0.4 is 10.9 Å². The zero-order valence-corrected chi connectivity index (χ0v) is 5.52. The van der Waals surface area contributed by atoms with Crippen LogP contribution in [0, 0.1) is 5.41 Å². The Kier molecular flexibility index (Phi) is 2.60. The van der Waals surface area contributed by atoms with Crippen molar-refractivity contribution in [3.8, 4) is 0 Å². The monoisotopic (exact) mass is 117 g/mol. The average Bonchev–Trinajstić information content (AvgIpc) is 1.87. The van der Waals surface area contributed by atoms with E-state index in [1.54, 1.807) is 14.1 Å². The molecule has 0 aliphatic rings. The van der Waals surface area contributed by atoms with Crippen LogP contribution in [0.3, 0.4) is 0 Å². The van der Waals surface area contributed by atoms with Crippen LogP contribution in [0.15, 0.2) is 0 Å². The van der Waals surface area contributed by atoms with Crippen LogP contribution in [0.2, 0.25) is 0 Å². The Labute approximate surface area is 49.5 Å². The van der Waals surface area contributed by atoms with Crippen LogP contribution in [0.1, 0.15) is 0 Å². The third-order valence-electron chi connectivity index (χ3n) is 1.19. The second-order valence-corrected chi connectivity index (χ2v) is 1.65. The van der Waals surface area contributed by atoms with Gasteiger partial charge in [0.1, 0.15) is 7.05 Å². The Balaban J connectivity index is 3.76. The topological polar surface area (TPSA) is 47.9 Å². The number of hydrogen-bond acceptors (Lipinski definition) is 3. The molecule has 0 unspecified atom stereocenters. The Morgan fingerprint density at radius 1 is 1.38 bits per heavy atom. The summed E-state index contributed by atoms with van der Waals surface area (Å²) in [7, 11) is 5.38. The molecule has 0 aromatic heterocycles. The maximum Gasteiger partial charge on any atom is 0.221 e. The predicted octanol–water partition coefficient (Wildman–Crippen LogP) is -0.691. The number of rotatable bonds is 3. The molecule has 0 bridgehead atoms. The lowest BCUT2D eigenvalue weighted by Crippen LogP contribution is -2.59. The molecule has 4 heteroatoms. The Bertz CT molecular complexity index is 76.1. The van der Waals surface area contributed by atoms with Gasteiger partial charge in [0.05, 0.1) is 0 Å². The van der Waals surface area contributed by atoms with E-state index in [1.807, 2.05) is 7.05 Å². The fraction of sp³-hybridized carbons (Fsp3) is 0.750. The molecule has 0 aliphatic heterocycles. The zero-order chi connectivity index (χ0) is 6.62. The van der Waals surface area contributed by atoms with Crippen molar-refractivity contribution < 1.29 is 4.70 Å². The zero-order valence-electron chi connectivity index (χ0n) is 5.52. The molecule has 0 fully saturated rings. The van der Waals surface area contributed by atoms with Gasteiger partial charge in [-0.1, -0.05) is 0 Å². The highest BCUT2D eigenvalue weighted by atomic mass is 15.8. The highest BCUT2D eigenvalue weighted by Gasteiger charge is 2.11. The summed E-state index contributed by atoms with van der Waals surface area (Å²) in [5.74, 6) is 0. The average molecular weight is 117 g/mol. The third-order valence-corrected chi connectivity index (χ3v) is 1.19. The van der Waals surface area contributed by atoms with E-state index in [0.717, 1.165) is 0 Å². The van der Waals surface area contributed by atoms with Gasteiger partial charge in [-0.25, -0.2) is 0 Å². The van der Waals surface area contributed by atoms with Gasteiger partial charge in [-0.05, 0) is 0 Å². The Hall–Kier alpha value is -0.450.